The van der Waals surface area contributed by atoms with Crippen LogP contribution in [0.4, 0.5) is 13.2 Å². The van der Waals surface area contributed by atoms with E-state index in [0.29, 0.717) is 32.2 Å². The molecule has 0 aromatic heterocycles. The molecule has 0 unspecified atom stereocenters. The molecule has 2 fully saturated rings. The van der Waals surface area contributed by atoms with Crippen LogP contribution in [0.2, 0.25) is 0 Å². The summed E-state index contributed by atoms with van der Waals surface area (Å²) in [7, 11) is 0. The molecule has 2 atom stereocenters. The van der Waals surface area contributed by atoms with Crippen molar-refractivity contribution >= 4 is 18.3 Å². The Morgan fingerprint density at radius 1 is 1.24 bits per heavy atom. The van der Waals surface area contributed by atoms with Crippen molar-refractivity contribution in [1.82, 2.24) is 15.1 Å². The van der Waals surface area contributed by atoms with Gasteiger partial charge in [0, 0.05) is 38.1 Å². The first kappa shape index (κ1) is 18.5. The molecule has 0 spiro atoms. The zero-order valence-corrected chi connectivity index (χ0v) is 13.0. The number of hydrogen-bond acceptors (Lipinski definition) is 3. The summed E-state index contributed by atoms with van der Waals surface area (Å²) in [6.45, 7) is 3.46. The first-order chi connectivity index (χ1) is 9.35. The van der Waals surface area contributed by atoms with Gasteiger partial charge in [-0.05, 0) is 26.3 Å². The maximum Gasteiger partial charge on any atom is 0.401 e. The number of carbonyl (C=O) groups is 1. The molecule has 124 valence electrons. The number of hydrogen-bond donors (Lipinski definition) is 1. The summed E-state index contributed by atoms with van der Waals surface area (Å²) in [6.07, 6.45) is -2.51. The quantitative estimate of drug-likeness (QED) is 0.834. The first-order valence-corrected chi connectivity index (χ1v) is 7.16. The van der Waals surface area contributed by atoms with E-state index in [1.165, 1.54) is 4.90 Å². The maximum atomic E-state index is 12.3. The van der Waals surface area contributed by atoms with Crippen LogP contribution in [0.1, 0.15) is 19.8 Å². The van der Waals surface area contributed by atoms with Crippen LogP contribution in [0.25, 0.3) is 0 Å². The Morgan fingerprint density at radius 2 is 1.86 bits per heavy atom. The second-order valence-electron chi connectivity index (χ2n) is 5.79. The Balaban J connectivity index is 0.00000220. The van der Waals surface area contributed by atoms with Crippen molar-refractivity contribution in [2.24, 2.45) is 5.92 Å². The third-order valence-corrected chi connectivity index (χ3v) is 4.06. The summed E-state index contributed by atoms with van der Waals surface area (Å²) >= 11 is 0. The van der Waals surface area contributed by atoms with Crippen molar-refractivity contribution in [3.8, 4) is 0 Å². The molecular weight excluding hydrogens is 307 g/mol. The lowest BCUT2D eigenvalue weighted by molar-refractivity contribution is -0.153. The molecule has 1 N–H and O–H groups in total. The van der Waals surface area contributed by atoms with Crippen molar-refractivity contribution < 1.29 is 18.0 Å². The predicted molar refractivity (Wildman–Crippen MR) is 76.5 cm³/mol. The Bertz CT molecular complexity index is 346. The third-order valence-electron chi connectivity index (χ3n) is 4.06. The monoisotopic (exact) mass is 329 g/mol. The highest BCUT2D eigenvalue weighted by Gasteiger charge is 2.34. The number of carbonyl (C=O) groups excluding carboxylic acids is 1. The van der Waals surface area contributed by atoms with Crippen LogP contribution in [-0.4, -0.2) is 67.2 Å². The van der Waals surface area contributed by atoms with Crippen LogP contribution in [0.3, 0.4) is 0 Å². The van der Waals surface area contributed by atoms with E-state index in [-0.39, 0.29) is 24.2 Å². The molecule has 21 heavy (non-hydrogen) atoms. The third kappa shape index (κ3) is 5.64. The van der Waals surface area contributed by atoms with Gasteiger partial charge in [-0.1, -0.05) is 0 Å². The minimum absolute atomic E-state index is 0. The lowest BCUT2D eigenvalue weighted by atomic mass is 9.92. The van der Waals surface area contributed by atoms with Gasteiger partial charge in [-0.15, -0.1) is 12.4 Å². The van der Waals surface area contributed by atoms with Crippen LogP contribution in [0.5, 0.6) is 0 Å². The SMILES string of the molecule is C[C@H]1C[C@@H](C(=O)N2CCN(CC(F)(F)F)CC2)CCN1.Cl. The highest BCUT2D eigenvalue weighted by molar-refractivity contribution is 5.85. The normalized spacial score (nSPS) is 28.1. The molecule has 2 saturated heterocycles. The molecule has 8 heteroatoms. The van der Waals surface area contributed by atoms with E-state index in [2.05, 4.69) is 12.2 Å². The van der Waals surface area contributed by atoms with Gasteiger partial charge >= 0.3 is 6.18 Å². The summed E-state index contributed by atoms with van der Waals surface area (Å²) in [5.74, 6) is 0.144. The van der Waals surface area contributed by atoms with Gasteiger partial charge in [0.1, 0.15) is 0 Å². The minimum atomic E-state index is -4.16. The number of nitrogens with one attached hydrogen (secondary N) is 1. The van der Waals surface area contributed by atoms with E-state index in [1.807, 2.05) is 0 Å². The maximum absolute atomic E-state index is 12.3. The summed E-state index contributed by atoms with van der Waals surface area (Å²) in [6, 6.07) is 0.337. The fourth-order valence-corrected chi connectivity index (χ4v) is 2.99. The summed E-state index contributed by atoms with van der Waals surface area (Å²) in [4.78, 5) is 15.4. The Morgan fingerprint density at radius 3 is 2.38 bits per heavy atom. The zero-order valence-electron chi connectivity index (χ0n) is 12.2. The molecule has 0 aliphatic carbocycles. The number of halogens is 4. The van der Waals surface area contributed by atoms with Gasteiger partial charge in [-0.25, -0.2) is 0 Å². The van der Waals surface area contributed by atoms with Crippen LogP contribution >= 0.6 is 12.4 Å². The van der Waals surface area contributed by atoms with Gasteiger partial charge in [-0.2, -0.15) is 13.2 Å². The van der Waals surface area contributed by atoms with E-state index in [1.54, 1.807) is 4.90 Å². The van der Waals surface area contributed by atoms with E-state index >= 15 is 0 Å². The molecule has 0 aromatic rings. The lowest BCUT2D eigenvalue weighted by Crippen LogP contribution is -2.53. The van der Waals surface area contributed by atoms with E-state index in [9.17, 15) is 18.0 Å². The average molecular weight is 330 g/mol. The fraction of sp³-hybridized carbons (Fsp3) is 0.923. The van der Waals surface area contributed by atoms with Crippen molar-refractivity contribution in [1.29, 1.82) is 0 Å². The molecule has 4 nitrogen and oxygen atoms in total. The van der Waals surface area contributed by atoms with Gasteiger partial charge in [0.15, 0.2) is 0 Å². The molecule has 0 bridgehead atoms. The number of amides is 1. The van der Waals surface area contributed by atoms with Crippen molar-refractivity contribution in [2.75, 3.05) is 39.3 Å². The van der Waals surface area contributed by atoms with Gasteiger partial charge < -0.3 is 10.2 Å². The van der Waals surface area contributed by atoms with Crippen LogP contribution in [-0.2, 0) is 4.79 Å². The van der Waals surface area contributed by atoms with Crippen molar-refractivity contribution in [2.45, 2.75) is 32.0 Å². The van der Waals surface area contributed by atoms with Crippen molar-refractivity contribution in [3.63, 3.8) is 0 Å². The van der Waals surface area contributed by atoms with Gasteiger partial charge in [0.25, 0.3) is 0 Å². The molecular formula is C13H23ClF3N3O. The summed E-state index contributed by atoms with van der Waals surface area (Å²) < 4.78 is 36.9. The topological polar surface area (TPSA) is 35.6 Å². The van der Waals surface area contributed by atoms with Crippen molar-refractivity contribution in [3.05, 3.63) is 0 Å². The molecule has 2 rings (SSSR count). The van der Waals surface area contributed by atoms with Crippen LogP contribution in [0.15, 0.2) is 0 Å². The lowest BCUT2D eigenvalue weighted by Gasteiger charge is -2.38. The highest BCUT2D eigenvalue weighted by Crippen LogP contribution is 2.21. The second-order valence-corrected chi connectivity index (χ2v) is 5.79. The second kappa shape index (κ2) is 7.65. The highest BCUT2D eigenvalue weighted by atomic mass is 35.5. The number of piperazine rings is 1. The minimum Gasteiger partial charge on any atom is -0.340 e. The molecule has 0 radical (unpaired) electrons. The van der Waals surface area contributed by atoms with Gasteiger partial charge in [0.2, 0.25) is 5.91 Å². The van der Waals surface area contributed by atoms with Crippen LogP contribution < -0.4 is 5.32 Å². The number of rotatable bonds is 2. The Labute approximate surface area is 129 Å². The summed E-state index contributed by atoms with van der Waals surface area (Å²) in [5, 5.41) is 3.30. The van der Waals surface area contributed by atoms with Crippen LogP contribution in [0, 0.1) is 5.92 Å². The smallest absolute Gasteiger partial charge is 0.340 e. The summed E-state index contributed by atoms with van der Waals surface area (Å²) in [5.41, 5.74) is 0. The molecule has 2 aliphatic rings. The largest absolute Gasteiger partial charge is 0.401 e. The van der Waals surface area contributed by atoms with E-state index in [4.69, 9.17) is 0 Å². The standard InChI is InChI=1S/C13H22F3N3O.ClH/c1-10-8-11(2-3-17-10)12(20)19-6-4-18(5-7-19)9-13(14,15)16;/h10-11,17H,2-9H2,1H3;1H/t10-,11-;/m0./s1. The van der Waals surface area contributed by atoms with E-state index in [0.717, 1.165) is 19.4 Å². The Kier molecular flexibility index (Phi) is 6.74. The molecule has 2 heterocycles. The van der Waals surface area contributed by atoms with Gasteiger partial charge in [-0.3, -0.25) is 9.69 Å². The number of piperidine rings is 1. The van der Waals surface area contributed by atoms with Gasteiger partial charge in [0.05, 0.1) is 6.54 Å². The predicted octanol–water partition coefficient (Wildman–Crippen LogP) is 1.50. The molecule has 2 aliphatic heterocycles. The molecule has 1 amide bonds. The number of nitrogens with zero attached hydrogens (tertiary/aromatic N) is 2. The zero-order chi connectivity index (χ0) is 14.8. The molecule has 0 saturated carbocycles. The average Bonchev–Trinajstić information content (AvgIpc) is 2.37. The first-order valence-electron chi connectivity index (χ1n) is 7.16. The Hall–Kier alpha value is -0.530. The fourth-order valence-electron chi connectivity index (χ4n) is 2.99. The van der Waals surface area contributed by atoms with E-state index < -0.39 is 12.7 Å². The number of alkyl halides is 3. The molecule has 0 aromatic carbocycles.